The number of rotatable bonds is 3. The zero-order valence-electron chi connectivity index (χ0n) is 12.1. The molecule has 114 valence electrons. The van der Waals surface area contributed by atoms with Crippen LogP contribution in [0.1, 0.15) is 25.1 Å². The van der Waals surface area contributed by atoms with E-state index in [0.717, 1.165) is 46.0 Å². The highest BCUT2D eigenvalue weighted by Gasteiger charge is 2.17. The van der Waals surface area contributed by atoms with Gasteiger partial charge in [0.2, 0.25) is 4.96 Å². The Balaban J connectivity index is 1.62. The van der Waals surface area contributed by atoms with E-state index >= 15 is 0 Å². The third-order valence-electron chi connectivity index (χ3n) is 3.96. The molecule has 0 aliphatic carbocycles. The van der Waals surface area contributed by atoms with Gasteiger partial charge in [0, 0.05) is 10.6 Å². The Morgan fingerprint density at radius 1 is 1.05 bits per heavy atom. The number of hydrogen-bond donors (Lipinski definition) is 0. The van der Waals surface area contributed by atoms with Crippen LogP contribution in [0.4, 0.5) is 0 Å². The topological polar surface area (TPSA) is 46.3 Å². The lowest BCUT2D eigenvalue weighted by atomic mass is 10.1. The molecule has 0 saturated carbocycles. The first kappa shape index (κ1) is 14.1. The molecule has 0 N–H and O–H groups in total. The molecule has 5 nitrogen and oxygen atoms in total. The van der Waals surface area contributed by atoms with Crippen LogP contribution >= 0.6 is 22.9 Å². The molecule has 0 bridgehead atoms. The minimum atomic E-state index is 0.734. The lowest BCUT2D eigenvalue weighted by Crippen LogP contribution is -2.30. The zero-order chi connectivity index (χ0) is 14.9. The molecule has 3 heterocycles. The normalized spacial score (nSPS) is 16.4. The molecule has 3 aromatic rings. The molecule has 0 spiro atoms. The Labute approximate surface area is 137 Å². The molecule has 1 saturated heterocycles. The molecule has 1 aromatic carbocycles. The van der Waals surface area contributed by atoms with Crippen LogP contribution in [0.25, 0.3) is 15.5 Å². The fraction of sp³-hybridized carbons (Fsp3) is 0.400. The number of aromatic nitrogens is 4. The summed E-state index contributed by atoms with van der Waals surface area (Å²) in [6.07, 6.45) is 3.88. The minimum Gasteiger partial charge on any atom is -0.296 e. The number of hydrogen-bond acceptors (Lipinski definition) is 5. The number of halogens is 1. The summed E-state index contributed by atoms with van der Waals surface area (Å²) < 4.78 is 1.88. The van der Waals surface area contributed by atoms with Crippen molar-refractivity contribution in [3.05, 3.63) is 35.1 Å². The van der Waals surface area contributed by atoms with Crippen molar-refractivity contribution < 1.29 is 0 Å². The summed E-state index contributed by atoms with van der Waals surface area (Å²) in [5, 5.41) is 14.9. The second kappa shape index (κ2) is 5.95. The molecule has 7 heteroatoms. The summed E-state index contributed by atoms with van der Waals surface area (Å²) in [5.74, 6) is 0.924. The average molecular weight is 334 g/mol. The van der Waals surface area contributed by atoms with E-state index in [2.05, 4.69) is 20.2 Å². The number of piperidine rings is 1. The van der Waals surface area contributed by atoms with Crippen molar-refractivity contribution in [1.29, 1.82) is 0 Å². The van der Waals surface area contributed by atoms with Crippen LogP contribution in [0.3, 0.4) is 0 Å². The summed E-state index contributed by atoms with van der Waals surface area (Å²) in [4.78, 5) is 3.28. The number of likely N-dealkylation sites (tertiary alicyclic amines) is 1. The SMILES string of the molecule is Clc1ccc(-c2nn3c(CN4CCCCC4)nnc3s2)cc1. The van der Waals surface area contributed by atoms with Crippen LogP contribution in [0.15, 0.2) is 24.3 Å². The average Bonchev–Trinajstić information content (AvgIpc) is 3.11. The molecule has 0 radical (unpaired) electrons. The molecule has 2 aromatic heterocycles. The van der Waals surface area contributed by atoms with Gasteiger partial charge in [-0.15, -0.1) is 10.2 Å². The van der Waals surface area contributed by atoms with Gasteiger partial charge >= 0.3 is 0 Å². The molecule has 1 aliphatic rings. The predicted octanol–water partition coefficient (Wildman–Crippen LogP) is 3.49. The summed E-state index contributed by atoms with van der Waals surface area (Å²) in [6, 6.07) is 7.73. The maximum absolute atomic E-state index is 5.94. The van der Waals surface area contributed by atoms with Crippen LogP contribution in [0, 0.1) is 0 Å². The van der Waals surface area contributed by atoms with Crippen molar-refractivity contribution in [2.45, 2.75) is 25.8 Å². The molecule has 0 atom stereocenters. The lowest BCUT2D eigenvalue weighted by molar-refractivity contribution is 0.214. The van der Waals surface area contributed by atoms with Crippen molar-refractivity contribution in [1.82, 2.24) is 24.7 Å². The summed E-state index contributed by atoms with van der Waals surface area (Å²) in [6.45, 7) is 3.11. The Kier molecular flexibility index (Phi) is 3.82. The second-order valence-corrected chi connectivity index (χ2v) is 6.95. The van der Waals surface area contributed by atoms with E-state index in [1.54, 1.807) is 11.3 Å². The smallest absolute Gasteiger partial charge is 0.235 e. The fourth-order valence-corrected chi connectivity index (χ4v) is 3.77. The highest BCUT2D eigenvalue weighted by molar-refractivity contribution is 7.19. The van der Waals surface area contributed by atoms with E-state index in [4.69, 9.17) is 11.6 Å². The number of fused-ring (bicyclic) bond motifs is 1. The highest BCUT2D eigenvalue weighted by atomic mass is 35.5. The van der Waals surface area contributed by atoms with Crippen molar-refractivity contribution in [2.24, 2.45) is 0 Å². The predicted molar refractivity (Wildman–Crippen MR) is 88.2 cm³/mol. The molecular formula is C15H16ClN5S. The van der Waals surface area contributed by atoms with Gasteiger partial charge in [0.25, 0.3) is 0 Å². The molecular weight excluding hydrogens is 318 g/mol. The molecule has 0 unspecified atom stereocenters. The summed E-state index contributed by atoms with van der Waals surface area (Å²) in [5.41, 5.74) is 1.06. The van der Waals surface area contributed by atoms with E-state index in [-0.39, 0.29) is 0 Å². The molecule has 4 rings (SSSR count). The Hall–Kier alpha value is -1.50. The van der Waals surface area contributed by atoms with Gasteiger partial charge in [0.05, 0.1) is 6.54 Å². The first-order valence-corrected chi connectivity index (χ1v) is 8.68. The van der Waals surface area contributed by atoms with Crippen molar-refractivity contribution in [3.8, 4) is 10.6 Å². The molecule has 1 fully saturated rings. The first-order chi connectivity index (χ1) is 10.8. The van der Waals surface area contributed by atoms with E-state index in [0.29, 0.717) is 0 Å². The van der Waals surface area contributed by atoms with Gasteiger partial charge in [-0.3, -0.25) is 4.90 Å². The van der Waals surface area contributed by atoms with E-state index in [1.807, 2.05) is 28.8 Å². The van der Waals surface area contributed by atoms with E-state index in [9.17, 15) is 0 Å². The van der Waals surface area contributed by atoms with Gasteiger partial charge in [0.15, 0.2) is 5.82 Å². The van der Waals surface area contributed by atoms with Crippen LogP contribution in [0.2, 0.25) is 5.02 Å². The molecule has 1 aliphatic heterocycles. The van der Waals surface area contributed by atoms with Crippen molar-refractivity contribution >= 4 is 27.9 Å². The van der Waals surface area contributed by atoms with Crippen molar-refractivity contribution in [3.63, 3.8) is 0 Å². The fourth-order valence-electron chi connectivity index (χ4n) is 2.78. The largest absolute Gasteiger partial charge is 0.296 e. The summed E-state index contributed by atoms with van der Waals surface area (Å²) >= 11 is 7.50. The zero-order valence-corrected chi connectivity index (χ0v) is 13.6. The van der Waals surface area contributed by atoms with Crippen LogP contribution in [-0.2, 0) is 6.54 Å². The Morgan fingerprint density at radius 2 is 1.82 bits per heavy atom. The Morgan fingerprint density at radius 3 is 2.59 bits per heavy atom. The second-order valence-electron chi connectivity index (χ2n) is 5.56. The van der Waals surface area contributed by atoms with E-state index < -0.39 is 0 Å². The third-order valence-corrected chi connectivity index (χ3v) is 5.16. The molecule has 22 heavy (non-hydrogen) atoms. The molecule has 0 amide bonds. The van der Waals surface area contributed by atoms with Crippen LogP contribution < -0.4 is 0 Å². The summed E-state index contributed by atoms with van der Waals surface area (Å²) in [7, 11) is 0. The van der Waals surface area contributed by atoms with Gasteiger partial charge in [-0.2, -0.15) is 9.61 Å². The van der Waals surface area contributed by atoms with E-state index in [1.165, 1.54) is 19.3 Å². The number of benzene rings is 1. The highest BCUT2D eigenvalue weighted by Crippen LogP contribution is 2.26. The Bertz CT molecular complexity index is 773. The monoisotopic (exact) mass is 333 g/mol. The maximum Gasteiger partial charge on any atom is 0.235 e. The van der Waals surface area contributed by atoms with Crippen molar-refractivity contribution in [2.75, 3.05) is 13.1 Å². The lowest BCUT2D eigenvalue weighted by Gasteiger charge is -2.25. The van der Waals surface area contributed by atoms with Gasteiger partial charge in [-0.1, -0.05) is 41.5 Å². The van der Waals surface area contributed by atoms with Crippen LogP contribution in [0.5, 0.6) is 0 Å². The van der Waals surface area contributed by atoms with Gasteiger partial charge < -0.3 is 0 Å². The van der Waals surface area contributed by atoms with Gasteiger partial charge in [0.1, 0.15) is 5.01 Å². The van der Waals surface area contributed by atoms with Gasteiger partial charge in [-0.25, -0.2) is 0 Å². The maximum atomic E-state index is 5.94. The standard InChI is InChI=1S/C15H16ClN5S/c16-12-6-4-11(5-7-12)14-19-21-13(17-18-15(21)22-14)10-20-8-2-1-3-9-20/h4-7H,1-3,8-10H2. The van der Waals surface area contributed by atoms with Crippen LogP contribution in [-0.4, -0.2) is 37.8 Å². The third kappa shape index (κ3) is 2.74. The first-order valence-electron chi connectivity index (χ1n) is 7.49. The quantitative estimate of drug-likeness (QED) is 0.736. The van der Waals surface area contributed by atoms with Gasteiger partial charge in [-0.05, 0) is 38.1 Å². The minimum absolute atomic E-state index is 0.734. The number of nitrogens with zero attached hydrogens (tertiary/aromatic N) is 5.